The van der Waals surface area contributed by atoms with Crippen LogP contribution in [0.3, 0.4) is 0 Å². The van der Waals surface area contributed by atoms with E-state index < -0.39 is 7.82 Å². The molecule has 0 aromatic carbocycles. The molecule has 1 N–H and O–H groups in total. The molecule has 32 valence electrons. The van der Waals surface area contributed by atoms with E-state index in [-0.39, 0.29) is 70.2 Å². The molecule has 0 aliphatic carbocycles. The minimum absolute atomic E-state index is 0. The Labute approximate surface area is 95.5 Å². The Bertz CT molecular complexity index is 57.8. The standard InChI is InChI=1S/K.Li.H3O4P/c;;1-5(2,3)4/h;;(H3,1,2,3,4)/q2*+1;/p-2. The molecule has 4 nitrogen and oxygen atoms in total. The molecule has 0 aliphatic heterocycles. The van der Waals surface area contributed by atoms with Crippen LogP contribution >= 0.6 is 7.82 Å². The summed E-state index contributed by atoms with van der Waals surface area (Å²) in [7, 11) is -5.14. The third-order valence-electron chi connectivity index (χ3n) is 0. The molecule has 0 aromatic rings. The van der Waals surface area contributed by atoms with E-state index in [0.717, 1.165) is 0 Å². The zero-order chi connectivity index (χ0) is 4.50. The largest absolute Gasteiger partial charge is 1.00 e. The van der Waals surface area contributed by atoms with Gasteiger partial charge in [-0.2, -0.15) is 0 Å². The van der Waals surface area contributed by atoms with Crippen molar-refractivity contribution in [3.8, 4) is 0 Å². The second kappa shape index (κ2) is 6.46. The van der Waals surface area contributed by atoms with Crippen LogP contribution in [0.1, 0.15) is 0 Å². The van der Waals surface area contributed by atoms with Gasteiger partial charge >= 0.3 is 70.2 Å². The number of hydrogen-bond donors (Lipinski definition) is 1. The molecule has 0 aromatic heterocycles. The minimum Gasteiger partial charge on any atom is -0.790 e. The molecule has 0 radical (unpaired) electrons. The first kappa shape index (κ1) is 16.2. The van der Waals surface area contributed by atoms with E-state index in [1.165, 1.54) is 0 Å². The average molecular weight is 142 g/mol. The third-order valence-corrected chi connectivity index (χ3v) is 0. The Morgan fingerprint density at radius 1 is 1.43 bits per heavy atom. The van der Waals surface area contributed by atoms with Gasteiger partial charge in [0.1, 0.15) is 0 Å². The molecule has 0 amide bonds. The fraction of sp³-hybridized carbons (Fsp3) is 0. The summed E-state index contributed by atoms with van der Waals surface area (Å²) in [6.45, 7) is 0. The van der Waals surface area contributed by atoms with E-state index in [2.05, 4.69) is 0 Å². The summed E-state index contributed by atoms with van der Waals surface area (Å²) >= 11 is 0. The third kappa shape index (κ3) is 61.1. The van der Waals surface area contributed by atoms with Gasteiger partial charge < -0.3 is 19.2 Å². The molecular weight excluding hydrogens is 141 g/mol. The quantitative estimate of drug-likeness (QED) is 0.269. The van der Waals surface area contributed by atoms with Crippen LogP contribution in [0, 0.1) is 0 Å². The molecular formula is HKLiO4P. The summed E-state index contributed by atoms with van der Waals surface area (Å²) in [6.07, 6.45) is 0. The van der Waals surface area contributed by atoms with Crippen LogP contribution in [0.15, 0.2) is 0 Å². The maximum absolute atomic E-state index is 8.66. The predicted molar refractivity (Wildman–Crippen MR) is 9.83 cm³/mol. The van der Waals surface area contributed by atoms with Crippen molar-refractivity contribution in [3.05, 3.63) is 0 Å². The predicted octanol–water partition coefficient (Wildman–Crippen LogP) is -8.18. The van der Waals surface area contributed by atoms with Crippen molar-refractivity contribution in [2.45, 2.75) is 0 Å². The van der Waals surface area contributed by atoms with Crippen LogP contribution < -0.4 is 80.0 Å². The molecule has 0 fully saturated rings. The minimum atomic E-state index is -5.14. The Morgan fingerprint density at radius 3 is 1.43 bits per heavy atom. The van der Waals surface area contributed by atoms with E-state index in [1.54, 1.807) is 0 Å². The number of rotatable bonds is 0. The number of hydrogen-bond acceptors (Lipinski definition) is 3. The molecule has 0 unspecified atom stereocenters. The van der Waals surface area contributed by atoms with Crippen molar-refractivity contribution in [2.75, 3.05) is 0 Å². The Hall–Kier alpha value is 2.34. The van der Waals surface area contributed by atoms with E-state index in [0.29, 0.717) is 0 Å². The summed E-state index contributed by atoms with van der Waals surface area (Å²) < 4.78 is 8.66. The van der Waals surface area contributed by atoms with Gasteiger partial charge in [-0.25, -0.2) is 0 Å². The van der Waals surface area contributed by atoms with Gasteiger partial charge in [0.2, 0.25) is 0 Å². The summed E-state index contributed by atoms with van der Waals surface area (Å²) in [5.41, 5.74) is 0. The van der Waals surface area contributed by atoms with Gasteiger partial charge in [-0.1, -0.05) is 0 Å². The van der Waals surface area contributed by atoms with Crippen LogP contribution in [0.4, 0.5) is 0 Å². The summed E-state index contributed by atoms with van der Waals surface area (Å²) in [5, 5.41) is 0. The van der Waals surface area contributed by atoms with Gasteiger partial charge in [-0.15, -0.1) is 0 Å². The SMILES string of the molecule is O=P([O-])([O-])O.[K+].[Li+]. The van der Waals surface area contributed by atoms with Crippen LogP contribution in [-0.4, -0.2) is 4.89 Å². The molecule has 0 saturated heterocycles. The monoisotopic (exact) mass is 142 g/mol. The molecule has 0 bridgehead atoms. The Balaban J connectivity index is -0.0000000800. The second-order valence-corrected chi connectivity index (χ2v) is 1.41. The Morgan fingerprint density at radius 2 is 1.43 bits per heavy atom. The van der Waals surface area contributed by atoms with Crippen molar-refractivity contribution in [3.63, 3.8) is 0 Å². The fourth-order valence-corrected chi connectivity index (χ4v) is 0. The van der Waals surface area contributed by atoms with Crippen molar-refractivity contribution in [2.24, 2.45) is 0 Å². The summed E-state index contributed by atoms with van der Waals surface area (Å²) in [4.78, 5) is 24.3. The first-order chi connectivity index (χ1) is 2.00. The van der Waals surface area contributed by atoms with E-state index in [4.69, 9.17) is 19.2 Å². The van der Waals surface area contributed by atoms with E-state index in [9.17, 15) is 0 Å². The van der Waals surface area contributed by atoms with Gasteiger partial charge in [0.15, 0.2) is 0 Å². The topological polar surface area (TPSA) is 83.4 Å². The molecule has 0 heterocycles. The zero-order valence-electron chi connectivity index (χ0n) is 4.12. The number of phosphoric acid groups is 1. The normalized spacial score (nSPS) is 8.43. The Kier molecular flexibility index (Phi) is 14.9. The van der Waals surface area contributed by atoms with Gasteiger partial charge in [0.05, 0.1) is 7.82 Å². The van der Waals surface area contributed by atoms with Crippen LogP contribution in [0.2, 0.25) is 0 Å². The molecule has 0 aliphatic rings. The molecule has 7 heteroatoms. The maximum Gasteiger partial charge on any atom is 1.00 e. The molecule has 0 saturated carbocycles. The first-order valence-corrected chi connectivity index (χ1v) is 2.24. The summed E-state index contributed by atoms with van der Waals surface area (Å²) in [6, 6.07) is 0. The molecule has 0 rings (SSSR count). The van der Waals surface area contributed by atoms with E-state index >= 15 is 0 Å². The van der Waals surface area contributed by atoms with Gasteiger partial charge in [0, 0.05) is 0 Å². The van der Waals surface area contributed by atoms with Crippen molar-refractivity contribution >= 4 is 7.82 Å². The summed E-state index contributed by atoms with van der Waals surface area (Å²) in [5.74, 6) is 0. The molecule has 0 atom stereocenters. The van der Waals surface area contributed by atoms with Crippen LogP contribution in [-0.2, 0) is 4.57 Å². The van der Waals surface area contributed by atoms with Crippen molar-refractivity contribution < 1.29 is 89.5 Å². The second-order valence-electron chi connectivity index (χ2n) is 0.469. The van der Waals surface area contributed by atoms with Gasteiger partial charge in [0.25, 0.3) is 0 Å². The average Bonchev–Trinajstić information content (AvgIpc) is 0.722. The van der Waals surface area contributed by atoms with Crippen LogP contribution in [0.25, 0.3) is 0 Å². The fourth-order valence-electron chi connectivity index (χ4n) is 0. The van der Waals surface area contributed by atoms with Crippen molar-refractivity contribution in [1.29, 1.82) is 0 Å². The molecule has 0 spiro atoms. The molecule has 7 heavy (non-hydrogen) atoms. The maximum atomic E-state index is 8.66. The first-order valence-electron chi connectivity index (χ1n) is 0.748. The van der Waals surface area contributed by atoms with Crippen LogP contribution in [0.5, 0.6) is 0 Å². The van der Waals surface area contributed by atoms with Gasteiger partial charge in [-0.05, 0) is 0 Å². The van der Waals surface area contributed by atoms with Crippen molar-refractivity contribution in [1.82, 2.24) is 0 Å². The van der Waals surface area contributed by atoms with E-state index in [1.807, 2.05) is 0 Å². The van der Waals surface area contributed by atoms with Gasteiger partial charge in [-0.3, -0.25) is 0 Å². The smallest absolute Gasteiger partial charge is 0.790 e. The zero-order valence-corrected chi connectivity index (χ0v) is 8.14.